The Balaban J connectivity index is 2.19. The zero-order valence-corrected chi connectivity index (χ0v) is 15.0. The zero-order chi connectivity index (χ0) is 16.1. The van der Waals surface area contributed by atoms with E-state index in [-0.39, 0.29) is 6.61 Å². The summed E-state index contributed by atoms with van der Waals surface area (Å²) in [6.45, 7) is 9.37. The molecule has 2 atom stereocenters. The minimum absolute atomic E-state index is 0.0502. The Morgan fingerprint density at radius 1 is 1.32 bits per heavy atom. The molecule has 0 aliphatic carbocycles. The van der Waals surface area contributed by atoms with E-state index in [0.717, 1.165) is 36.9 Å². The van der Waals surface area contributed by atoms with Crippen molar-refractivity contribution in [3.05, 3.63) is 10.6 Å². The van der Waals surface area contributed by atoms with E-state index in [4.69, 9.17) is 12.2 Å². The second-order valence-electron chi connectivity index (χ2n) is 6.44. The lowest BCUT2D eigenvalue weighted by molar-refractivity contribution is 0.0586. The molecule has 2 unspecified atom stereocenters. The van der Waals surface area contributed by atoms with Gasteiger partial charge in [-0.1, -0.05) is 27.2 Å². The van der Waals surface area contributed by atoms with Gasteiger partial charge < -0.3 is 9.67 Å². The highest BCUT2D eigenvalue weighted by molar-refractivity contribution is 7.71. The number of aliphatic hydroxyl groups is 1. The number of aromatic nitrogens is 3. The predicted molar refractivity (Wildman–Crippen MR) is 91.1 cm³/mol. The van der Waals surface area contributed by atoms with E-state index >= 15 is 0 Å². The van der Waals surface area contributed by atoms with Gasteiger partial charge in [-0.15, -0.1) is 0 Å². The summed E-state index contributed by atoms with van der Waals surface area (Å²) in [5.74, 6) is 1.42. The molecule has 0 amide bonds. The number of aliphatic hydroxyl groups excluding tert-OH is 1. The number of piperidine rings is 1. The maximum absolute atomic E-state index is 9.51. The first-order valence-corrected chi connectivity index (χ1v) is 9.04. The molecular weight excluding hydrogens is 296 g/mol. The van der Waals surface area contributed by atoms with Crippen molar-refractivity contribution in [1.29, 1.82) is 0 Å². The van der Waals surface area contributed by atoms with E-state index in [2.05, 4.69) is 30.8 Å². The molecule has 0 spiro atoms. The van der Waals surface area contributed by atoms with Crippen LogP contribution in [0, 0.1) is 10.7 Å². The zero-order valence-electron chi connectivity index (χ0n) is 14.2. The Morgan fingerprint density at radius 3 is 2.73 bits per heavy atom. The van der Waals surface area contributed by atoms with Crippen LogP contribution < -0.4 is 0 Å². The lowest BCUT2D eigenvalue weighted by Crippen LogP contribution is -2.45. The summed E-state index contributed by atoms with van der Waals surface area (Å²) in [5, 5.41) is 14.1. The monoisotopic (exact) mass is 326 g/mol. The number of nitrogens with zero attached hydrogens (tertiary/aromatic N) is 4. The van der Waals surface area contributed by atoms with Crippen LogP contribution in [-0.2, 0) is 19.8 Å². The fourth-order valence-electron chi connectivity index (χ4n) is 3.59. The maximum Gasteiger partial charge on any atom is 0.199 e. The molecule has 0 bridgehead atoms. The third-order valence-corrected chi connectivity index (χ3v) is 5.15. The maximum atomic E-state index is 9.51. The molecule has 1 aliphatic rings. The fraction of sp³-hybridized carbons (Fsp3) is 0.875. The van der Waals surface area contributed by atoms with Gasteiger partial charge in [0.1, 0.15) is 6.61 Å². The molecule has 1 aromatic heterocycles. The third-order valence-electron chi connectivity index (χ3n) is 4.72. The molecule has 1 aromatic rings. The minimum atomic E-state index is -0.0502. The second kappa shape index (κ2) is 8.22. The van der Waals surface area contributed by atoms with Crippen LogP contribution in [0.5, 0.6) is 0 Å². The quantitative estimate of drug-likeness (QED) is 0.782. The van der Waals surface area contributed by atoms with Crippen molar-refractivity contribution in [2.75, 3.05) is 6.54 Å². The molecule has 126 valence electrons. The largest absolute Gasteiger partial charge is 0.388 e. The van der Waals surface area contributed by atoms with Gasteiger partial charge in [0.15, 0.2) is 10.6 Å². The fourth-order valence-corrected chi connectivity index (χ4v) is 3.88. The van der Waals surface area contributed by atoms with Crippen LogP contribution in [0.4, 0.5) is 0 Å². The van der Waals surface area contributed by atoms with Gasteiger partial charge in [0.05, 0.1) is 6.67 Å². The molecule has 6 heteroatoms. The van der Waals surface area contributed by atoms with Gasteiger partial charge in [0.25, 0.3) is 0 Å². The van der Waals surface area contributed by atoms with Gasteiger partial charge >= 0.3 is 0 Å². The molecule has 0 radical (unpaired) electrons. The summed E-state index contributed by atoms with van der Waals surface area (Å²) in [6.07, 6.45) is 6.00. The van der Waals surface area contributed by atoms with Crippen LogP contribution >= 0.6 is 12.2 Å². The molecule has 22 heavy (non-hydrogen) atoms. The van der Waals surface area contributed by atoms with Gasteiger partial charge in [0, 0.05) is 19.1 Å². The van der Waals surface area contributed by atoms with E-state index in [1.54, 1.807) is 0 Å². The highest BCUT2D eigenvalue weighted by Gasteiger charge is 2.28. The number of rotatable bonds is 7. The SMILES string of the molecule is CCCC1C(C)CCCN1Cn1nc(CO)n(CCC)c1=S. The molecule has 1 saturated heterocycles. The summed E-state index contributed by atoms with van der Waals surface area (Å²) >= 11 is 5.57. The van der Waals surface area contributed by atoms with Crippen molar-refractivity contribution in [2.24, 2.45) is 5.92 Å². The molecule has 0 aromatic carbocycles. The van der Waals surface area contributed by atoms with Crippen molar-refractivity contribution in [3.8, 4) is 0 Å². The van der Waals surface area contributed by atoms with E-state index in [0.29, 0.717) is 11.9 Å². The predicted octanol–water partition coefficient (Wildman–Crippen LogP) is 3.17. The van der Waals surface area contributed by atoms with Crippen LogP contribution in [0.15, 0.2) is 0 Å². The normalized spacial score (nSPS) is 23.1. The third kappa shape index (κ3) is 3.78. The van der Waals surface area contributed by atoms with Crippen LogP contribution in [-0.4, -0.2) is 36.9 Å². The Bertz CT molecular complexity index is 525. The molecular formula is C16H30N4OS. The Labute approximate surface area is 138 Å². The molecule has 1 aliphatic heterocycles. The second-order valence-corrected chi connectivity index (χ2v) is 6.80. The average Bonchev–Trinajstić information content (AvgIpc) is 2.80. The lowest BCUT2D eigenvalue weighted by atomic mass is 9.88. The molecule has 5 nitrogen and oxygen atoms in total. The van der Waals surface area contributed by atoms with Gasteiger partial charge in [-0.25, -0.2) is 4.68 Å². The van der Waals surface area contributed by atoms with Crippen molar-refractivity contribution in [3.63, 3.8) is 0 Å². The molecule has 0 saturated carbocycles. The summed E-state index contributed by atoms with van der Waals surface area (Å²) < 4.78 is 4.61. The van der Waals surface area contributed by atoms with E-state index in [1.807, 2.05) is 9.25 Å². The van der Waals surface area contributed by atoms with Crippen molar-refractivity contribution < 1.29 is 5.11 Å². The van der Waals surface area contributed by atoms with Crippen molar-refractivity contribution >= 4 is 12.2 Å². The molecule has 2 rings (SSSR count). The van der Waals surface area contributed by atoms with Crippen LogP contribution in [0.1, 0.15) is 58.7 Å². The van der Waals surface area contributed by atoms with Crippen LogP contribution in [0.2, 0.25) is 0 Å². The summed E-state index contributed by atoms with van der Waals surface area (Å²) in [6, 6.07) is 0.620. The van der Waals surface area contributed by atoms with E-state index < -0.39 is 0 Å². The van der Waals surface area contributed by atoms with Gasteiger partial charge in [-0.3, -0.25) is 4.90 Å². The number of hydrogen-bond acceptors (Lipinski definition) is 4. The van der Waals surface area contributed by atoms with Gasteiger partial charge in [-0.05, 0) is 43.8 Å². The number of hydrogen-bond donors (Lipinski definition) is 1. The van der Waals surface area contributed by atoms with E-state index in [1.165, 1.54) is 25.7 Å². The molecule has 1 N–H and O–H groups in total. The lowest BCUT2D eigenvalue weighted by Gasteiger charge is -2.39. The highest BCUT2D eigenvalue weighted by Crippen LogP contribution is 2.27. The summed E-state index contributed by atoms with van der Waals surface area (Å²) in [4.78, 5) is 2.53. The number of likely N-dealkylation sites (tertiary alicyclic amines) is 1. The van der Waals surface area contributed by atoms with Gasteiger partial charge in [-0.2, -0.15) is 5.10 Å². The Hall–Kier alpha value is -0.720. The van der Waals surface area contributed by atoms with Crippen molar-refractivity contribution in [2.45, 2.75) is 78.7 Å². The first-order chi connectivity index (χ1) is 10.6. The standard InChI is InChI=1S/C16H30N4OS/c1-4-7-14-13(3)8-6-10-18(14)12-20-16(22)19(9-5-2)15(11-21)17-20/h13-14,21H,4-12H2,1-3H3. The highest BCUT2D eigenvalue weighted by atomic mass is 32.1. The summed E-state index contributed by atoms with van der Waals surface area (Å²) in [7, 11) is 0. The molecule has 1 fully saturated rings. The first kappa shape index (κ1) is 17.6. The smallest absolute Gasteiger partial charge is 0.199 e. The van der Waals surface area contributed by atoms with Crippen LogP contribution in [0.3, 0.4) is 0 Å². The molecule has 2 heterocycles. The Morgan fingerprint density at radius 2 is 2.09 bits per heavy atom. The van der Waals surface area contributed by atoms with Crippen LogP contribution in [0.25, 0.3) is 0 Å². The first-order valence-electron chi connectivity index (χ1n) is 8.63. The van der Waals surface area contributed by atoms with Crippen molar-refractivity contribution in [1.82, 2.24) is 19.2 Å². The summed E-state index contributed by atoms with van der Waals surface area (Å²) in [5.41, 5.74) is 0. The minimum Gasteiger partial charge on any atom is -0.388 e. The van der Waals surface area contributed by atoms with E-state index in [9.17, 15) is 5.11 Å². The average molecular weight is 327 g/mol. The topological polar surface area (TPSA) is 46.2 Å². The Kier molecular flexibility index (Phi) is 6.59. The van der Waals surface area contributed by atoms with Gasteiger partial charge in [0.2, 0.25) is 0 Å².